The molecule has 0 atom stereocenters. The average molecular weight is 474 g/mol. The number of benzene rings is 2. The zero-order chi connectivity index (χ0) is 24.7. The Labute approximate surface area is 180 Å². The highest BCUT2D eigenvalue weighted by molar-refractivity contribution is 6.08. The Morgan fingerprint density at radius 2 is 1.55 bits per heavy atom. The number of ketones is 1. The Kier molecular flexibility index (Phi) is 4.55. The molecular weight excluding hydrogens is 461 g/mol. The van der Waals surface area contributed by atoms with E-state index in [1.165, 1.54) is 12.1 Å². The lowest BCUT2D eigenvalue weighted by molar-refractivity contribution is -0.339. The summed E-state index contributed by atoms with van der Waals surface area (Å²) in [7, 11) is 0. The fourth-order valence-electron chi connectivity index (χ4n) is 4.06. The van der Waals surface area contributed by atoms with E-state index in [1.54, 1.807) is 18.2 Å². The van der Waals surface area contributed by atoms with Crippen molar-refractivity contribution in [3.8, 4) is 16.9 Å². The maximum atomic E-state index is 13.9. The van der Waals surface area contributed by atoms with Crippen molar-refractivity contribution < 1.29 is 45.1 Å². The van der Waals surface area contributed by atoms with Crippen molar-refractivity contribution in [2.24, 2.45) is 0 Å². The van der Waals surface area contributed by atoms with Crippen LogP contribution in [0.3, 0.4) is 0 Å². The van der Waals surface area contributed by atoms with Crippen LogP contribution in [0, 0.1) is 0 Å². The van der Waals surface area contributed by atoms with Crippen LogP contribution in [-0.2, 0) is 5.41 Å². The molecule has 1 aliphatic carbocycles. The lowest BCUT2D eigenvalue weighted by Gasteiger charge is -2.26. The molecule has 0 unspecified atom stereocenters. The molecule has 3 aromatic rings. The first-order valence-electron chi connectivity index (χ1n) is 9.35. The molecule has 1 heterocycles. The van der Waals surface area contributed by atoms with E-state index in [0.717, 1.165) is 5.56 Å². The van der Waals surface area contributed by atoms with Gasteiger partial charge < -0.3 is 9.52 Å². The van der Waals surface area contributed by atoms with E-state index >= 15 is 0 Å². The van der Waals surface area contributed by atoms with Gasteiger partial charge in [0.1, 0.15) is 11.3 Å². The van der Waals surface area contributed by atoms with E-state index in [-0.39, 0.29) is 5.58 Å². The molecule has 1 aromatic heterocycles. The van der Waals surface area contributed by atoms with E-state index in [2.05, 4.69) is 0 Å². The zero-order valence-electron chi connectivity index (χ0n) is 16.8. The maximum absolute atomic E-state index is 13.9. The van der Waals surface area contributed by atoms with Crippen LogP contribution in [0.5, 0.6) is 5.75 Å². The molecule has 0 saturated heterocycles. The highest BCUT2D eigenvalue weighted by atomic mass is 19.4. The van der Waals surface area contributed by atoms with Crippen molar-refractivity contribution in [2.45, 2.75) is 37.3 Å². The van der Waals surface area contributed by atoms with Gasteiger partial charge in [0.05, 0.1) is 5.39 Å². The smallest absolute Gasteiger partial charge is 0.460 e. The van der Waals surface area contributed by atoms with Crippen LogP contribution in [0.4, 0.5) is 30.7 Å². The summed E-state index contributed by atoms with van der Waals surface area (Å²) in [6, 6.07) is 9.52. The van der Waals surface area contributed by atoms with Gasteiger partial charge in [-0.25, -0.2) is 4.79 Å². The summed E-state index contributed by atoms with van der Waals surface area (Å²) >= 11 is 0. The Morgan fingerprint density at radius 1 is 0.939 bits per heavy atom. The van der Waals surface area contributed by atoms with Crippen LogP contribution in [0.25, 0.3) is 22.1 Å². The predicted octanol–water partition coefficient (Wildman–Crippen LogP) is 5.82. The Bertz CT molecular complexity index is 1380. The summed E-state index contributed by atoms with van der Waals surface area (Å²) in [6.45, 7) is 3.69. The standard InChI is InChI=1S/C22H13F7O4/c1-19(2)12-6-4-3-5-9(12)10-7-11-14(8-13(10)19)33-18(32)15(16(11)30)17(31)20(23,24)21(25,26)22(27,28)29/h3-8,30H,1-2H3. The van der Waals surface area contributed by atoms with Crippen molar-refractivity contribution in [3.63, 3.8) is 0 Å². The Hall–Kier alpha value is -3.37. The number of alkyl halides is 7. The molecule has 0 saturated carbocycles. The summed E-state index contributed by atoms with van der Waals surface area (Å²) in [6.07, 6.45) is -6.80. The first-order valence-corrected chi connectivity index (χ1v) is 9.35. The van der Waals surface area contributed by atoms with Crippen molar-refractivity contribution in [1.29, 1.82) is 0 Å². The van der Waals surface area contributed by atoms with Crippen LogP contribution in [0.2, 0.25) is 0 Å². The topological polar surface area (TPSA) is 67.5 Å². The number of carbonyl (C=O) groups excluding carboxylic acids is 1. The number of hydrogen-bond donors (Lipinski definition) is 1. The lowest BCUT2D eigenvalue weighted by Crippen LogP contribution is -2.56. The van der Waals surface area contributed by atoms with E-state index in [0.29, 0.717) is 16.7 Å². The molecule has 4 rings (SSSR count). The molecule has 2 aromatic carbocycles. The molecule has 0 aliphatic heterocycles. The van der Waals surface area contributed by atoms with Crippen LogP contribution in [0.15, 0.2) is 45.6 Å². The average Bonchev–Trinajstić information content (AvgIpc) is 2.93. The number of halogens is 7. The van der Waals surface area contributed by atoms with Gasteiger partial charge in [-0.3, -0.25) is 4.79 Å². The molecule has 1 N–H and O–H groups in total. The minimum Gasteiger partial charge on any atom is -0.506 e. The van der Waals surface area contributed by atoms with Crippen LogP contribution >= 0.6 is 0 Å². The van der Waals surface area contributed by atoms with Gasteiger partial charge in [0.15, 0.2) is 5.56 Å². The zero-order valence-corrected chi connectivity index (χ0v) is 16.8. The van der Waals surface area contributed by atoms with Crippen molar-refractivity contribution in [1.82, 2.24) is 0 Å². The second kappa shape index (κ2) is 6.58. The largest absolute Gasteiger partial charge is 0.506 e. The number of hydrogen-bond acceptors (Lipinski definition) is 4. The molecule has 174 valence electrons. The Balaban J connectivity index is 1.97. The maximum Gasteiger partial charge on any atom is 0.460 e. The predicted molar refractivity (Wildman–Crippen MR) is 102 cm³/mol. The molecule has 11 heteroatoms. The van der Waals surface area contributed by atoms with Gasteiger partial charge in [0.25, 0.3) is 0 Å². The highest BCUT2D eigenvalue weighted by Crippen LogP contribution is 2.51. The number of Topliss-reactive ketones (excluding diaryl/α,β-unsaturated/α-hetero) is 1. The number of fused-ring (bicyclic) bond motifs is 4. The quantitative estimate of drug-likeness (QED) is 0.295. The summed E-state index contributed by atoms with van der Waals surface area (Å²) in [5.41, 5.74) is -2.34. The summed E-state index contributed by atoms with van der Waals surface area (Å²) in [5.74, 6) is -17.9. The van der Waals surface area contributed by atoms with Crippen molar-refractivity contribution >= 4 is 16.8 Å². The van der Waals surface area contributed by atoms with E-state index in [1.807, 2.05) is 19.9 Å². The minimum absolute atomic E-state index is 0.362. The van der Waals surface area contributed by atoms with Crippen molar-refractivity contribution in [2.75, 3.05) is 0 Å². The van der Waals surface area contributed by atoms with Crippen LogP contribution in [-0.4, -0.2) is 28.9 Å². The Morgan fingerprint density at radius 3 is 2.15 bits per heavy atom. The summed E-state index contributed by atoms with van der Waals surface area (Å²) in [4.78, 5) is 24.2. The fourth-order valence-corrected chi connectivity index (χ4v) is 4.06. The van der Waals surface area contributed by atoms with Gasteiger partial charge >= 0.3 is 23.6 Å². The van der Waals surface area contributed by atoms with Gasteiger partial charge in [-0.1, -0.05) is 38.1 Å². The number of carbonyl (C=O) groups is 1. The summed E-state index contributed by atoms with van der Waals surface area (Å²) < 4.78 is 96.8. The van der Waals surface area contributed by atoms with E-state index < -0.39 is 51.5 Å². The van der Waals surface area contributed by atoms with Crippen molar-refractivity contribution in [3.05, 3.63) is 63.5 Å². The van der Waals surface area contributed by atoms with Crippen LogP contribution in [0.1, 0.15) is 35.3 Å². The van der Waals surface area contributed by atoms with E-state index in [9.17, 15) is 45.4 Å². The fraction of sp³-hybridized carbons (Fsp3) is 0.273. The number of rotatable bonds is 3. The van der Waals surface area contributed by atoms with E-state index in [4.69, 9.17) is 4.42 Å². The molecular formula is C22H13F7O4. The molecule has 0 spiro atoms. The molecule has 0 bridgehead atoms. The van der Waals surface area contributed by atoms with Gasteiger partial charge in [0, 0.05) is 5.41 Å². The first-order chi connectivity index (χ1) is 15.0. The SMILES string of the molecule is CC1(C)c2ccccc2-c2cc3c(O)c(C(=O)C(F)(F)C(F)(F)C(F)(F)F)c(=O)oc3cc21. The molecule has 1 aliphatic rings. The minimum atomic E-state index is -6.80. The second-order valence-corrected chi connectivity index (χ2v) is 8.15. The molecule has 4 nitrogen and oxygen atoms in total. The molecule has 0 radical (unpaired) electrons. The monoisotopic (exact) mass is 474 g/mol. The van der Waals surface area contributed by atoms with Gasteiger partial charge in [-0.05, 0) is 34.4 Å². The molecule has 0 fully saturated rings. The molecule has 33 heavy (non-hydrogen) atoms. The third-order valence-electron chi connectivity index (χ3n) is 5.84. The molecule has 0 amide bonds. The normalized spacial score (nSPS) is 15.4. The number of aromatic hydroxyl groups is 1. The third-order valence-corrected chi connectivity index (χ3v) is 5.84. The first kappa shape index (κ1) is 22.8. The highest BCUT2D eigenvalue weighted by Gasteiger charge is 2.76. The van der Waals surface area contributed by atoms with Crippen LogP contribution < -0.4 is 5.63 Å². The van der Waals surface area contributed by atoms with Gasteiger partial charge in [-0.15, -0.1) is 0 Å². The second-order valence-electron chi connectivity index (χ2n) is 8.15. The third kappa shape index (κ3) is 2.90. The lowest BCUT2D eigenvalue weighted by atomic mass is 9.82. The van der Waals surface area contributed by atoms with Gasteiger partial charge in [-0.2, -0.15) is 30.7 Å². The summed E-state index contributed by atoms with van der Waals surface area (Å²) in [5, 5.41) is 9.93. The van der Waals surface area contributed by atoms with Gasteiger partial charge in [0.2, 0.25) is 5.78 Å².